The van der Waals surface area contributed by atoms with E-state index >= 15 is 0 Å². The smallest absolute Gasteiger partial charge is 0.319 e. The Bertz CT molecular complexity index is 774. The highest BCUT2D eigenvalue weighted by atomic mass is 35.5. The molecule has 0 bridgehead atoms. The molecule has 0 aliphatic rings. The molecule has 0 aliphatic heterocycles. The highest BCUT2D eigenvalue weighted by Gasteiger charge is 2.00. The number of Topliss-reactive ketones (excluding diaryl/α,β-unsaturated/α-hetero) is 1. The Balaban J connectivity index is 1.83. The average Bonchev–Trinajstić information content (AvgIpc) is 2.52. The van der Waals surface area contributed by atoms with Crippen molar-refractivity contribution in [3.63, 3.8) is 0 Å². The van der Waals surface area contributed by atoms with Crippen LogP contribution in [0.15, 0.2) is 48.5 Å². The van der Waals surface area contributed by atoms with Crippen LogP contribution in [-0.4, -0.2) is 18.4 Å². The number of nitrogens with one attached hydrogen (secondary N) is 2. The first kappa shape index (κ1) is 16.6. The summed E-state index contributed by atoms with van der Waals surface area (Å²) < 4.78 is 0. The van der Waals surface area contributed by atoms with E-state index in [1.165, 1.54) is 6.92 Å². The van der Waals surface area contributed by atoms with Crippen molar-refractivity contribution < 1.29 is 9.59 Å². The number of halogens is 1. The van der Waals surface area contributed by atoms with E-state index in [-0.39, 0.29) is 18.4 Å². The molecule has 2 rings (SSSR count). The van der Waals surface area contributed by atoms with Gasteiger partial charge < -0.3 is 10.6 Å². The maximum absolute atomic E-state index is 11.7. The highest BCUT2D eigenvalue weighted by Crippen LogP contribution is 2.14. The molecule has 116 valence electrons. The molecule has 0 fully saturated rings. The van der Waals surface area contributed by atoms with Gasteiger partial charge in [-0.1, -0.05) is 41.6 Å². The van der Waals surface area contributed by atoms with Crippen LogP contribution in [-0.2, 0) is 0 Å². The van der Waals surface area contributed by atoms with Gasteiger partial charge in [0.1, 0.15) is 0 Å². The molecular weight excluding hydrogens is 312 g/mol. The predicted molar refractivity (Wildman–Crippen MR) is 91.8 cm³/mol. The second-order valence-electron chi connectivity index (χ2n) is 4.75. The largest absolute Gasteiger partial charge is 0.327 e. The molecule has 5 heteroatoms. The number of anilines is 1. The number of hydrogen-bond donors (Lipinski definition) is 2. The van der Waals surface area contributed by atoms with Gasteiger partial charge in [-0.3, -0.25) is 4.79 Å². The third kappa shape index (κ3) is 5.50. The van der Waals surface area contributed by atoms with E-state index in [4.69, 9.17) is 11.6 Å². The molecule has 0 aliphatic carbocycles. The quantitative estimate of drug-likeness (QED) is 0.667. The van der Waals surface area contributed by atoms with Crippen LogP contribution in [0.4, 0.5) is 10.5 Å². The van der Waals surface area contributed by atoms with E-state index < -0.39 is 0 Å². The normalized spacial score (nSPS) is 9.48. The molecule has 2 N–H and O–H groups in total. The van der Waals surface area contributed by atoms with Gasteiger partial charge in [-0.15, -0.1) is 0 Å². The van der Waals surface area contributed by atoms with Crippen LogP contribution in [0, 0.1) is 11.8 Å². The van der Waals surface area contributed by atoms with Gasteiger partial charge in [-0.25, -0.2) is 4.79 Å². The van der Waals surface area contributed by atoms with Crippen molar-refractivity contribution in [3.05, 3.63) is 64.7 Å². The molecule has 0 spiro atoms. The van der Waals surface area contributed by atoms with Crippen LogP contribution in [0.1, 0.15) is 22.8 Å². The topological polar surface area (TPSA) is 58.2 Å². The van der Waals surface area contributed by atoms with Crippen molar-refractivity contribution in [3.8, 4) is 11.8 Å². The molecule has 0 atom stereocenters. The van der Waals surface area contributed by atoms with E-state index in [1.54, 1.807) is 48.5 Å². The summed E-state index contributed by atoms with van der Waals surface area (Å²) in [5, 5.41) is 5.84. The number of amides is 2. The molecule has 0 heterocycles. The van der Waals surface area contributed by atoms with Gasteiger partial charge in [-0.2, -0.15) is 0 Å². The Hall–Kier alpha value is -2.77. The highest BCUT2D eigenvalue weighted by molar-refractivity contribution is 6.30. The van der Waals surface area contributed by atoms with Crippen LogP contribution >= 0.6 is 11.6 Å². The van der Waals surface area contributed by atoms with Gasteiger partial charge in [-0.05, 0) is 37.3 Å². The van der Waals surface area contributed by atoms with Crippen molar-refractivity contribution in [2.75, 3.05) is 11.9 Å². The minimum atomic E-state index is -0.353. The number of benzene rings is 2. The summed E-state index contributed by atoms with van der Waals surface area (Å²) in [7, 11) is 0. The van der Waals surface area contributed by atoms with Crippen molar-refractivity contribution in [2.24, 2.45) is 0 Å². The molecule has 2 aromatic carbocycles. The molecule has 4 nitrogen and oxygen atoms in total. The van der Waals surface area contributed by atoms with Gasteiger partial charge >= 0.3 is 6.03 Å². The fourth-order valence-electron chi connectivity index (χ4n) is 1.80. The summed E-state index contributed by atoms with van der Waals surface area (Å²) in [6.07, 6.45) is 0. The lowest BCUT2D eigenvalue weighted by Gasteiger charge is -2.05. The van der Waals surface area contributed by atoms with Gasteiger partial charge in [0.05, 0.1) is 6.54 Å². The molecule has 23 heavy (non-hydrogen) atoms. The lowest BCUT2D eigenvalue weighted by atomic mass is 10.1. The summed E-state index contributed by atoms with van der Waals surface area (Å²) in [6, 6.07) is 13.5. The van der Waals surface area contributed by atoms with Crippen LogP contribution in [0.25, 0.3) is 0 Å². The summed E-state index contributed by atoms with van der Waals surface area (Å²) >= 11 is 5.84. The number of rotatable bonds is 3. The second kappa shape index (κ2) is 8.02. The van der Waals surface area contributed by atoms with Gasteiger partial charge in [0.2, 0.25) is 0 Å². The van der Waals surface area contributed by atoms with E-state index in [0.29, 0.717) is 16.3 Å². The average molecular weight is 327 g/mol. The van der Waals surface area contributed by atoms with E-state index in [9.17, 15) is 9.59 Å². The summed E-state index contributed by atoms with van der Waals surface area (Å²) in [5.74, 6) is 5.78. The molecule has 0 saturated heterocycles. The number of carbonyl (C=O) groups excluding carboxylic acids is 2. The fourth-order valence-corrected chi connectivity index (χ4v) is 1.99. The maximum Gasteiger partial charge on any atom is 0.319 e. The van der Waals surface area contributed by atoms with Crippen molar-refractivity contribution >= 4 is 29.1 Å². The Labute approximate surface area is 139 Å². The second-order valence-corrected chi connectivity index (χ2v) is 5.19. The first-order chi connectivity index (χ1) is 11.0. The summed E-state index contributed by atoms with van der Waals surface area (Å²) in [6.45, 7) is 1.73. The molecule has 0 radical (unpaired) electrons. The number of hydrogen-bond acceptors (Lipinski definition) is 2. The van der Waals surface area contributed by atoms with Crippen molar-refractivity contribution in [2.45, 2.75) is 6.92 Å². The first-order valence-electron chi connectivity index (χ1n) is 6.95. The predicted octanol–water partition coefficient (Wildman–Crippen LogP) is 3.72. The Kier molecular flexibility index (Phi) is 5.79. The zero-order chi connectivity index (χ0) is 16.7. The molecule has 2 amide bonds. The standard InChI is InChI=1S/C18H15ClN2O2/c1-13(22)15-9-7-14(8-10-15)4-3-11-20-18(23)21-17-6-2-5-16(19)12-17/h2,5-10,12H,11H2,1H3,(H2,20,21,23). The van der Waals surface area contributed by atoms with E-state index in [2.05, 4.69) is 22.5 Å². The zero-order valence-corrected chi connectivity index (χ0v) is 13.3. The van der Waals surface area contributed by atoms with Crippen LogP contribution in [0.5, 0.6) is 0 Å². The third-order valence-electron chi connectivity index (χ3n) is 2.94. The van der Waals surface area contributed by atoms with E-state index in [1.807, 2.05) is 0 Å². The van der Waals surface area contributed by atoms with Crippen LogP contribution < -0.4 is 10.6 Å². The molecular formula is C18H15ClN2O2. The molecule has 0 unspecified atom stereocenters. The Morgan fingerprint density at radius 3 is 2.52 bits per heavy atom. The lowest BCUT2D eigenvalue weighted by Crippen LogP contribution is -2.28. The number of urea groups is 1. The molecule has 0 aromatic heterocycles. The summed E-state index contributed by atoms with van der Waals surface area (Å²) in [4.78, 5) is 22.8. The molecule has 0 saturated carbocycles. The van der Waals surface area contributed by atoms with Gasteiger partial charge in [0.15, 0.2) is 5.78 Å². The SMILES string of the molecule is CC(=O)c1ccc(C#CCNC(=O)Nc2cccc(Cl)c2)cc1. The maximum atomic E-state index is 11.7. The lowest BCUT2D eigenvalue weighted by molar-refractivity contribution is 0.101. The van der Waals surface area contributed by atoms with Crippen molar-refractivity contribution in [1.82, 2.24) is 5.32 Å². The zero-order valence-electron chi connectivity index (χ0n) is 12.5. The first-order valence-corrected chi connectivity index (χ1v) is 7.33. The molecule has 2 aromatic rings. The minimum Gasteiger partial charge on any atom is -0.327 e. The van der Waals surface area contributed by atoms with Crippen LogP contribution in [0.3, 0.4) is 0 Å². The fraction of sp³-hybridized carbons (Fsp3) is 0.111. The number of carbonyl (C=O) groups is 2. The number of ketones is 1. The third-order valence-corrected chi connectivity index (χ3v) is 3.18. The van der Waals surface area contributed by atoms with Crippen LogP contribution in [0.2, 0.25) is 5.02 Å². The van der Waals surface area contributed by atoms with Gasteiger partial charge in [0, 0.05) is 21.8 Å². The Morgan fingerprint density at radius 2 is 1.87 bits per heavy atom. The summed E-state index contributed by atoms with van der Waals surface area (Å²) in [5.41, 5.74) is 2.05. The van der Waals surface area contributed by atoms with Gasteiger partial charge in [0.25, 0.3) is 0 Å². The van der Waals surface area contributed by atoms with E-state index in [0.717, 1.165) is 5.56 Å². The Morgan fingerprint density at radius 1 is 1.13 bits per heavy atom. The van der Waals surface area contributed by atoms with Crippen molar-refractivity contribution in [1.29, 1.82) is 0 Å². The minimum absolute atomic E-state index is 0.0175. The monoisotopic (exact) mass is 326 g/mol.